The third kappa shape index (κ3) is 19.8. The first kappa shape index (κ1) is 25.1. The second kappa shape index (κ2) is 16.7. The van der Waals surface area contributed by atoms with E-state index in [1.807, 2.05) is 13.8 Å². The summed E-state index contributed by atoms with van der Waals surface area (Å²) < 4.78 is 32.4. The minimum atomic E-state index is -2.95. The van der Waals surface area contributed by atoms with Crippen LogP contribution < -0.4 is 10.6 Å². The average Bonchev–Trinajstić information content (AvgIpc) is 2.45. The Morgan fingerprint density at radius 2 is 1.78 bits per heavy atom. The van der Waals surface area contributed by atoms with Gasteiger partial charge in [-0.05, 0) is 26.7 Å². The second-order valence-electron chi connectivity index (χ2n) is 4.83. The van der Waals surface area contributed by atoms with E-state index in [-0.39, 0.29) is 36.3 Å². The molecule has 7 nitrogen and oxygen atoms in total. The number of aliphatic imine (C=N–C) groups is 1. The lowest BCUT2D eigenvalue weighted by molar-refractivity contribution is 0.144. The molecule has 0 bridgehead atoms. The van der Waals surface area contributed by atoms with Gasteiger partial charge in [-0.15, -0.1) is 24.0 Å². The van der Waals surface area contributed by atoms with Crippen molar-refractivity contribution in [3.63, 3.8) is 0 Å². The number of ether oxygens (including phenoxy) is 2. The monoisotopic (exact) mass is 465 g/mol. The van der Waals surface area contributed by atoms with Gasteiger partial charge >= 0.3 is 0 Å². The van der Waals surface area contributed by atoms with Crippen LogP contribution in [0.5, 0.6) is 0 Å². The molecule has 0 aliphatic rings. The first-order chi connectivity index (χ1) is 10.5. The van der Waals surface area contributed by atoms with Crippen molar-refractivity contribution in [3.05, 3.63) is 0 Å². The molecule has 0 saturated heterocycles. The van der Waals surface area contributed by atoms with Crippen molar-refractivity contribution in [1.29, 1.82) is 0 Å². The van der Waals surface area contributed by atoms with Crippen molar-refractivity contribution in [2.45, 2.75) is 26.7 Å². The van der Waals surface area contributed by atoms with Gasteiger partial charge in [-0.2, -0.15) is 0 Å². The Bertz CT molecular complexity index is 391. The lowest BCUT2D eigenvalue weighted by Gasteiger charge is -2.11. The number of nitrogens with zero attached hydrogens (tertiary/aromatic N) is 1. The summed E-state index contributed by atoms with van der Waals surface area (Å²) in [5.41, 5.74) is 0. The van der Waals surface area contributed by atoms with E-state index in [9.17, 15) is 8.42 Å². The molecule has 0 unspecified atom stereocenters. The third-order valence-electron chi connectivity index (χ3n) is 2.65. The summed E-state index contributed by atoms with van der Waals surface area (Å²) in [4.78, 5) is 4.46. The summed E-state index contributed by atoms with van der Waals surface area (Å²) in [7, 11) is -2.95. The zero-order chi connectivity index (χ0) is 16.7. The SMILES string of the molecule is CCNC(=NCCCCOCC)NCCOCCS(C)(=O)=O.I. The lowest BCUT2D eigenvalue weighted by Crippen LogP contribution is -2.39. The van der Waals surface area contributed by atoms with Crippen LogP contribution in [0.3, 0.4) is 0 Å². The van der Waals surface area contributed by atoms with E-state index >= 15 is 0 Å². The highest BCUT2D eigenvalue weighted by atomic mass is 127. The molecule has 0 fully saturated rings. The molecule has 0 saturated carbocycles. The quantitative estimate of drug-likeness (QED) is 0.183. The minimum absolute atomic E-state index is 0. The molecule has 0 spiro atoms. The highest BCUT2D eigenvalue weighted by Crippen LogP contribution is 1.91. The van der Waals surface area contributed by atoms with Crippen LogP contribution >= 0.6 is 24.0 Å². The number of rotatable bonds is 13. The van der Waals surface area contributed by atoms with Gasteiger partial charge < -0.3 is 20.1 Å². The second-order valence-corrected chi connectivity index (χ2v) is 7.09. The number of hydrogen-bond donors (Lipinski definition) is 2. The number of halogens is 1. The van der Waals surface area contributed by atoms with Crippen LogP contribution in [-0.4, -0.2) is 72.4 Å². The van der Waals surface area contributed by atoms with Crippen molar-refractivity contribution in [2.24, 2.45) is 4.99 Å². The van der Waals surface area contributed by atoms with Crippen molar-refractivity contribution < 1.29 is 17.9 Å². The maximum atomic E-state index is 10.9. The Morgan fingerprint density at radius 3 is 2.39 bits per heavy atom. The highest BCUT2D eigenvalue weighted by molar-refractivity contribution is 14.0. The largest absolute Gasteiger partial charge is 0.382 e. The molecule has 9 heteroatoms. The van der Waals surface area contributed by atoms with Gasteiger partial charge in [0.1, 0.15) is 9.84 Å². The zero-order valence-corrected chi connectivity index (χ0v) is 17.6. The summed E-state index contributed by atoms with van der Waals surface area (Å²) in [6.07, 6.45) is 3.20. The fourth-order valence-corrected chi connectivity index (χ4v) is 1.97. The van der Waals surface area contributed by atoms with E-state index in [2.05, 4.69) is 15.6 Å². The molecule has 140 valence electrons. The average molecular weight is 465 g/mol. The molecular formula is C14H32IN3O4S. The normalized spacial score (nSPS) is 11.9. The van der Waals surface area contributed by atoms with Crippen LogP contribution in [0.4, 0.5) is 0 Å². The van der Waals surface area contributed by atoms with Crippen LogP contribution in [0.2, 0.25) is 0 Å². The van der Waals surface area contributed by atoms with E-state index in [1.165, 1.54) is 6.26 Å². The van der Waals surface area contributed by atoms with Crippen molar-refractivity contribution >= 4 is 39.8 Å². The number of guanidine groups is 1. The van der Waals surface area contributed by atoms with Crippen molar-refractivity contribution in [1.82, 2.24) is 10.6 Å². The Balaban J connectivity index is 0. The molecule has 0 radical (unpaired) electrons. The molecule has 0 aromatic rings. The molecular weight excluding hydrogens is 433 g/mol. The van der Waals surface area contributed by atoms with Crippen molar-refractivity contribution in [2.75, 3.05) is 58.1 Å². The van der Waals surface area contributed by atoms with Crippen LogP contribution in [0.1, 0.15) is 26.7 Å². The molecule has 0 heterocycles. The zero-order valence-electron chi connectivity index (χ0n) is 14.5. The topological polar surface area (TPSA) is 89.0 Å². The van der Waals surface area contributed by atoms with Crippen LogP contribution in [0.15, 0.2) is 4.99 Å². The fourth-order valence-electron chi connectivity index (χ4n) is 1.55. The van der Waals surface area contributed by atoms with Crippen molar-refractivity contribution in [3.8, 4) is 0 Å². The fraction of sp³-hybridized carbons (Fsp3) is 0.929. The molecule has 0 aromatic heterocycles. The van der Waals surface area contributed by atoms with Crippen LogP contribution in [-0.2, 0) is 19.3 Å². The number of sulfone groups is 1. The molecule has 23 heavy (non-hydrogen) atoms. The van der Waals surface area contributed by atoms with Gasteiger partial charge in [0.2, 0.25) is 0 Å². The summed E-state index contributed by atoms with van der Waals surface area (Å²) in [5, 5.41) is 6.31. The first-order valence-electron chi connectivity index (χ1n) is 7.85. The van der Waals surface area contributed by atoms with Crippen LogP contribution in [0.25, 0.3) is 0 Å². The molecule has 2 N–H and O–H groups in total. The summed E-state index contributed by atoms with van der Waals surface area (Å²) in [6, 6.07) is 0. The standard InChI is InChI=1S/C14H31N3O4S.HI/c1-4-15-14(16-8-6-7-10-20-5-2)17-9-11-21-12-13-22(3,18)19;/h4-13H2,1-3H3,(H2,15,16,17);1H. The Labute approximate surface area is 157 Å². The van der Waals surface area contributed by atoms with Crippen LogP contribution in [0, 0.1) is 0 Å². The maximum Gasteiger partial charge on any atom is 0.191 e. The molecule has 0 aliphatic heterocycles. The van der Waals surface area contributed by atoms with E-state index in [0.717, 1.165) is 45.1 Å². The van der Waals surface area contributed by atoms with E-state index in [4.69, 9.17) is 9.47 Å². The highest BCUT2D eigenvalue weighted by Gasteiger charge is 2.01. The molecule has 0 amide bonds. The Hall–Kier alpha value is -0.130. The lowest BCUT2D eigenvalue weighted by atomic mass is 10.3. The number of unbranched alkanes of at least 4 members (excludes halogenated alkanes) is 1. The number of nitrogens with one attached hydrogen (secondary N) is 2. The maximum absolute atomic E-state index is 10.9. The van der Waals surface area contributed by atoms with Gasteiger partial charge in [-0.3, -0.25) is 4.99 Å². The van der Waals surface area contributed by atoms with Gasteiger partial charge in [0, 0.05) is 39.1 Å². The van der Waals surface area contributed by atoms with Gasteiger partial charge in [-0.1, -0.05) is 0 Å². The molecule has 0 aromatic carbocycles. The molecule has 0 aliphatic carbocycles. The smallest absolute Gasteiger partial charge is 0.191 e. The third-order valence-corrected chi connectivity index (χ3v) is 3.56. The van der Waals surface area contributed by atoms with Gasteiger partial charge in [-0.25, -0.2) is 8.42 Å². The number of hydrogen-bond acceptors (Lipinski definition) is 5. The predicted molar refractivity (Wildman–Crippen MR) is 106 cm³/mol. The summed E-state index contributed by atoms with van der Waals surface area (Å²) in [6.45, 7) is 8.34. The van der Waals surface area contributed by atoms with E-state index < -0.39 is 9.84 Å². The summed E-state index contributed by atoms with van der Waals surface area (Å²) >= 11 is 0. The van der Waals surface area contributed by atoms with E-state index in [1.54, 1.807) is 0 Å². The Morgan fingerprint density at radius 1 is 1.04 bits per heavy atom. The Kier molecular flexibility index (Phi) is 18.3. The van der Waals surface area contributed by atoms with E-state index in [0.29, 0.717) is 13.2 Å². The molecule has 0 atom stereocenters. The first-order valence-corrected chi connectivity index (χ1v) is 9.91. The predicted octanol–water partition coefficient (Wildman–Crippen LogP) is 1.04. The van der Waals surface area contributed by atoms with Gasteiger partial charge in [0.05, 0.1) is 19.0 Å². The molecule has 0 rings (SSSR count). The van der Waals surface area contributed by atoms with Gasteiger partial charge in [0.15, 0.2) is 5.96 Å². The minimum Gasteiger partial charge on any atom is -0.382 e. The summed E-state index contributed by atoms with van der Waals surface area (Å²) in [5.74, 6) is 0.812. The van der Waals surface area contributed by atoms with Gasteiger partial charge in [0.25, 0.3) is 0 Å².